The number of benzene rings is 3. The molecule has 1 aliphatic heterocycles. The number of carbonyl (C=O) groups is 3. The zero-order valence-electron chi connectivity index (χ0n) is 24.1. The lowest BCUT2D eigenvalue weighted by atomic mass is 9.67. The highest BCUT2D eigenvalue weighted by atomic mass is 19.1. The molecule has 3 aromatic carbocycles. The Labute approximate surface area is 252 Å². The molecule has 0 amide bonds. The molecule has 0 fully saturated rings. The second-order valence-corrected chi connectivity index (χ2v) is 10.3. The summed E-state index contributed by atoms with van der Waals surface area (Å²) in [6.45, 7) is 3.28. The number of non-ortho nitro benzene ring substituents is 1. The Bertz CT molecular complexity index is 1680. The fourth-order valence-corrected chi connectivity index (χ4v) is 5.98. The third-order valence-corrected chi connectivity index (χ3v) is 7.81. The second kappa shape index (κ2) is 12.5. The molecule has 226 valence electrons. The third kappa shape index (κ3) is 5.44. The van der Waals surface area contributed by atoms with Gasteiger partial charge in [-0.1, -0.05) is 48.5 Å². The summed E-state index contributed by atoms with van der Waals surface area (Å²) >= 11 is 0. The van der Waals surface area contributed by atoms with E-state index in [1.54, 1.807) is 32.0 Å². The van der Waals surface area contributed by atoms with Gasteiger partial charge in [-0.05, 0) is 49.6 Å². The molecule has 0 spiro atoms. The molecule has 1 heterocycles. The van der Waals surface area contributed by atoms with Gasteiger partial charge in [0, 0.05) is 29.3 Å². The number of nitrogens with zero attached hydrogens (tertiary/aromatic N) is 2. The first-order valence-corrected chi connectivity index (χ1v) is 14.1. The van der Waals surface area contributed by atoms with Crippen LogP contribution in [0.5, 0.6) is 0 Å². The van der Waals surface area contributed by atoms with Crippen LogP contribution in [0.2, 0.25) is 0 Å². The molecule has 0 aromatic heterocycles. The molecule has 0 radical (unpaired) electrons. The second-order valence-electron chi connectivity index (χ2n) is 10.3. The number of rotatable bonds is 8. The minimum atomic E-state index is -1.27. The van der Waals surface area contributed by atoms with Gasteiger partial charge in [0.2, 0.25) is 0 Å². The molecule has 2 N–H and O–H groups in total. The van der Waals surface area contributed by atoms with Crippen LogP contribution < -0.4 is 10.6 Å². The zero-order valence-corrected chi connectivity index (χ0v) is 24.1. The van der Waals surface area contributed by atoms with E-state index >= 15 is 0 Å². The summed E-state index contributed by atoms with van der Waals surface area (Å²) in [6.07, 6.45) is 0.103. The number of esters is 2. The maximum atomic E-state index is 14.7. The van der Waals surface area contributed by atoms with Crippen molar-refractivity contribution in [3.05, 3.63) is 129 Å². The number of anilines is 1. The van der Waals surface area contributed by atoms with Gasteiger partial charge in [-0.3, -0.25) is 24.6 Å². The number of carbonyl (C=O) groups excluding carboxylic acids is 3. The molecule has 3 atom stereocenters. The van der Waals surface area contributed by atoms with Crippen LogP contribution >= 0.6 is 0 Å². The van der Waals surface area contributed by atoms with Crippen molar-refractivity contribution in [2.45, 2.75) is 32.1 Å². The van der Waals surface area contributed by atoms with Gasteiger partial charge in [0.25, 0.3) is 5.69 Å². The lowest BCUT2D eigenvalue weighted by Gasteiger charge is -2.44. The Morgan fingerprint density at radius 1 is 0.977 bits per heavy atom. The number of hydrogen-bond acceptors (Lipinski definition) is 9. The normalized spacial score (nSPS) is 19.8. The largest absolute Gasteiger partial charge is 0.465 e. The van der Waals surface area contributed by atoms with Crippen LogP contribution in [0, 0.1) is 21.8 Å². The highest BCUT2D eigenvalue weighted by Gasteiger charge is 2.51. The monoisotopic (exact) mass is 599 g/mol. The molecule has 0 unspecified atom stereocenters. The van der Waals surface area contributed by atoms with Gasteiger partial charge < -0.3 is 15.2 Å². The molecule has 0 saturated heterocycles. The SMILES string of the molecule is CCOC(=O)C1=C(N)N(c2cccc(F)c2)C2=C(C(=O)[C@@H](C(=O)OCC)[C@H](c3ccccc3)C2)[C@@H]1c1ccc([N+](=O)[O-])cc1. The number of halogens is 1. The first-order valence-electron chi connectivity index (χ1n) is 14.1. The van der Waals surface area contributed by atoms with E-state index in [4.69, 9.17) is 15.2 Å². The Morgan fingerprint density at radius 2 is 1.66 bits per heavy atom. The average molecular weight is 600 g/mol. The molecule has 5 rings (SSSR count). The van der Waals surface area contributed by atoms with Crippen molar-refractivity contribution in [1.29, 1.82) is 0 Å². The van der Waals surface area contributed by atoms with E-state index in [2.05, 4.69) is 0 Å². The highest BCUT2D eigenvalue weighted by molar-refractivity contribution is 6.14. The number of allylic oxidation sites excluding steroid dienone is 2. The van der Waals surface area contributed by atoms with Crippen LogP contribution in [0.25, 0.3) is 0 Å². The Morgan fingerprint density at radius 3 is 2.27 bits per heavy atom. The van der Waals surface area contributed by atoms with Crippen molar-refractivity contribution >= 4 is 29.1 Å². The minimum absolute atomic E-state index is 0.00998. The van der Waals surface area contributed by atoms with Gasteiger partial charge in [-0.15, -0.1) is 0 Å². The summed E-state index contributed by atoms with van der Waals surface area (Å²) in [5, 5.41) is 11.4. The topological polar surface area (TPSA) is 142 Å². The van der Waals surface area contributed by atoms with E-state index in [1.807, 2.05) is 18.2 Å². The van der Waals surface area contributed by atoms with Gasteiger partial charge in [0.1, 0.15) is 17.6 Å². The molecule has 44 heavy (non-hydrogen) atoms. The smallest absolute Gasteiger partial charge is 0.338 e. The third-order valence-electron chi connectivity index (χ3n) is 7.81. The summed E-state index contributed by atoms with van der Waals surface area (Å²) in [5.74, 6) is -5.90. The maximum Gasteiger partial charge on any atom is 0.338 e. The van der Waals surface area contributed by atoms with Crippen molar-refractivity contribution in [3.63, 3.8) is 0 Å². The Hall–Kier alpha value is -5.32. The molecule has 11 heteroatoms. The summed E-state index contributed by atoms with van der Waals surface area (Å²) in [6, 6.07) is 20.0. The summed E-state index contributed by atoms with van der Waals surface area (Å²) in [4.78, 5) is 54.1. The van der Waals surface area contributed by atoms with E-state index in [9.17, 15) is 28.9 Å². The number of hydrogen-bond donors (Lipinski definition) is 1. The van der Waals surface area contributed by atoms with Gasteiger partial charge in [-0.25, -0.2) is 9.18 Å². The van der Waals surface area contributed by atoms with Crippen molar-refractivity contribution in [2.24, 2.45) is 11.7 Å². The predicted octanol–water partition coefficient (Wildman–Crippen LogP) is 5.26. The van der Waals surface area contributed by atoms with E-state index in [1.165, 1.54) is 47.4 Å². The quantitative estimate of drug-likeness (QED) is 0.159. The fraction of sp³-hybridized carbons (Fsp3) is 0.242. The minimum Gasteiger partial charge on any atom is -0.465 e. The maximum absolute atomic E-state index is 14.7. The number of ketones is 1. The van der Waals surface area contributed by atoms with Crippen molar-refractivity contribution in [2.75, 3.05) is 18.1 Å². The highest BCUT2D eigenvalue weighted by Crippen LogP contribution is 2.51. The van der Waals surface area contributed by atoms with Crippen molar-refractivity contribution in [1.82, 2.24) is 0 Å². The number of nitro groups is 1. The Balaban J connectivity index is 1.82. The van der Waals surface area contributed by atoms with Crippen LogP contribution in [0.15, 0.2) is 102 Å². The average Bonchev–Trinajstić information content (AvgIpc) is 3.01. The first kappa shape index (κ1) is 30.1. The molecule has 3 aromatic rings. The van der Waals surface area contributed by atoms with Gasteiger partial charge >= 0.3 is 11.9 Å². The van der Waals surface area contributed by atoms with Crippen LogP contribution in [0.1, 0.15) is 43.2 Å². The van der Waals surface area contributed by atoms with E-state index in [0.29, 0.717) is 16.8 Å². The van der Waals surface area contributed by atoms with E-state index in [0.717, 1.165) is 0 Å². The summed E-state index contributed by atoms with van der Waals surface area (Å²) in [7, 11) is 0. The first-order chi connectivity index (χ1) is 21.2. The zero-order chi connectivity index (χ0) is 31.5. The standard InChI is InChI=1S/C33H30FN3O7/c1-3-43-32(39)27-24(19-9-6-5-7-10-19)18-25-28(30(27)38)26(20-13-15-22(16-14-20)37(41)42)29(33(40)44-4-2)31(35)36(25)23-12-8-11-21(34)17-23/h5-17,24,26-27H,3-4,18,35H2,1-2H3/t24-,26-,27-/m0/s1. The Kier molecular flexibility index (Phi) is 8.57. The van der Waals surface area contributed by atoms with Gasteiger partial charge in [0.05, 0.1) is 35.3 Å². The van der Waals surface area contributed by atoms with E-state index < -0.39 is 46.2 Å². The van der Waals surface area contributed by atoms with Gasteiger partial charge in [0.15, 0.2) is 5.78 Å². The van der Waals surface area contributed by atoms with Crippen molar-refractivity contribution in [3.8, 4) is 0 Å². The molecule has 0 bridgehead atoms. The molecule has 1 aliphatic carbocycles. The molecular weight excluding hydrogens is 569 g/mol. The number of nitrogens with two attached hydrogens (primary N) is 1. The van der Waals surface area contributed by atoms with E-state index in [-0.39, 0.29) is 48.0 Å². The lowest BCUT2D eigenvalue weighted by Crippen LogP contribution is -2.46. The van der Waals surface area contributed by atoms with Crippen LogP contribution in [0.4, 0.5) is 15.8 Å². The predicted molar refractivity (Wildman–Crippen MR) is 159 cm³/mol. The lowest BCUT2D eigenvalue weighted by molar-refractivity contribution is -0.384. The summed E-state index contributed by atoms with van der Waals surface area (Å²) in [5.41, 5.74) is 8.20. The van der Waals surface area contributed by atoms with Crippen LogP contribution in [-0.2, 0) is 23.9 Å². The summed E-state index contributed by atoms with van der Waals surface area (Å²) < 4.78 is 25.4. The molecule has 10 nitrogen and oxygen atoms in total. The van der Waals surface area contributed by atoms with Crippen LogP contribution in [-0.4, -0.2) is 35.9 Å². The molecule has 2 aliphatic rings. The molecule has 0 saturated carbocycles. The fourth-order valence-electron chi connectivity index (χ4n) is 5.98. The van der Waals surface area contributed by atoms with Crippen molar-refractivity contribution < 1.29 is 33.2 Å². The van der Waals surface area contributed by atoms with Gasteiger partial charge in [-0.2, -0.15) is 0 Å². The van der Waals surface area contributed by atoms with Crippen LogP contribution in [0.3, 0.4) is 0 Å². The number of ether oxygens (including phenoxy) is 2. The molecular formula is C33H30FN3O7. The number of nitro benzene ring substituents is 1. The number of Topliss-reactive ketones (excluding diaryl/α,β-unsaturated/α-hetero) is 1.